The molecule has 0 saturated heterocycles. The Bertz CT molecular complexity index is 918. The second kappa shape index (κ2) is 7.69. The van der Waals surface area contributed by atoms with E-state index in [1.54, 1.807) is 42.5 Å². The van der Waals surface area contributed by atoms with Gasteiger partial charge >= 0.3 is 5.97 Å². The van der Waals surface area contributed by atoms with Gasteiger partial charge in [0.1, 0.15) is 5.75 Å². The Balaban J connectivity index is 1.62. The maximum absolute atomic E-state index is 12.3. The van der Waals surface area contributed by atoms with Crippen LogP contribution in [-0.2, 0) is 9.53 Å². The van der Waals surface area contributed by atoms with Crippen LogP contribution in [0.15, 0.2) is 48.5 Å². The highest BCUT2D eigenvalue weighted by Gasteiger charge is 2.22. The van der Waals surface area contributed by atoms with Gasteiger partial charge in [0.15, 0.2) is 11.8 Å². The van der Waals surface area contributed by atoms with Crippen molar-refractivity contribution in [2.45, 2.75) is 20.0 Å². The molecule has 2 N–H and O–H groups in total. The molecule has 3 rings (SSSR count). The number of nitrogens with one attached hydrogen (secondary N) is 2. The number of carbonyl (C=O) groups is 2. The van der Waals surface area contributed by atoms with E-state index in [1.165, 1.54) is 6.92 Å². The van der Waals surface area contributed by atoms with Crippen LogP contribution in [0.25, 0.3) is 10.9 Å². The second-order valence-electron chi connectivity index (χ2n) is 5.61. The smallest absolute Gasteiger partial charge is 0.360 e. The zero-order valence-electron chi connectivity index (χ0n) is 14.5. The summed E-state index contributed by atoms with van der Waals surface area (Å²) < 4.78 is 10.6. The lowest BCUT2D eigenvalue weighted by atomic mass is 10.2. The van der Waals surface area contributed by atoms with Crippen molar-refractivity contribution < 1.29 is 19.1 Å². The molecule has 26 heavy (non-hydrogen) atoms. The molecule has 0 aliphatic heterocycles. The predicted octanol–water partition coefficient (Wildman–Crippen LogP) is 3.15. The number of H-pyrrole nitrogens is 1. The molecule has 0 spiro atoms. The summed E-state index contributed by atoms with van der Waals surface area (Å²) in [5.41, 5.74) is 1.47. The highest BCUT2D eigenvalue weighted by atomic mass is 16.5. The first-order valence-corrected chi connectivity index (χ1v) is 8.26. The number of esters is 1. The molecule has 0 bridgehead atoms. The molecule has 0 aliphatic carbocycles. The van der Waals surface area contributed by atoms with Crippen molar-refractivity contribution in [1.82, 2.24) is 10.2 Å². The molecular formula is C19H19N3O4. The number of ether oxygens (including phenoxy) is 2. The van der Waals surface area contributed by atoms with E-state index < -0.39 is 18.0 Å². The van der Waals surface area contributed by atoms with Gasteiger partial charge in [-0.25, -0.2) is 4.79 Å². The summed E-state index contributed by atoms with van der Waals surface area (Å²) in [5, 5.41) is 10.1. The topological polar surface area (TPSA) is 93.3 Å². The molecular weight excluding hydrogens is 334 g/mol. The molecule has 7 heteroatoms. The van der Waals surface area contributed by atoms with Gasteiger partial charge in [-0.1, -0.05) is 18.2 Å². The number of aromatic amines is 1. The molecule has 1 heterocycles. The molecule has 3 aromatic rings. The molecule has 2 aromatic carbocycles. The summed E-state index contributed by atoms with van der Waals surface area (Å²) in [6, 6.07) is 14.2. The van der Waals surface area contributed by atoms with Gasteiger partial charge in [0.2, 0.25) is 0 Å². The minimum absolute atomic E-state index is 0.154. The van der Waals surface area contributed by atoms with Gasteiger partial charge in [0, 0.05) is 11.1 Å². The van der Waals surface area contributed by atoms with E-state index in [0.717, 1.165) is 11.3 Å². The Morgan fingerprint density at radius 3 is 2.62 bits per heavy atom. The first kappa shape index (κ1) is 17.5. The Kier molecular flexibility index (Phi) is 5.17. The van der Waals surface area contributed by atoms with Crippen molar-refractivity contribution in [2.75, 3.05) is 11.9 Å². The number of hydrogen-bond acceptors (Lipinski definition) is 5. The average molecular weight is 353 g/mol. The van der Waals surface area contributed by atoms with Gasteiger partial charge < -0.3 is 14.8 Å². The number of carbonyl (C=O) groups excluding carboxylic acids is 2. The van der Waals surface area contributed by atoms with E-state index in [1.807, 2.05) is 13.0 Å². The van der Waals surface area contributed by atoms with Gasteiger partial charge in [0.05, 0.1) is 12.1 Å². The van der Waals surface area contributed by atoms with Crippen molar-refractivity contribution in [1.29, 1.82) is 0 Å². The number of benzene rings is 2. The first-order chi connectivity index (χ1) is 12.6. The number of rotatable bonds is 6. The highest BCUT2D eigenvalue weighted by Crippen LogP contribution is 2.18. The van der Waals surface area contributed by atoms with Crippen LogP contribution in [0.3, 0.4) is 0 Å². The summed E-state index contributed by atoms with van der Waals surface area (Å²) in [6.45, 7) is 3.98. The Morgan fingerprint density at radius 1 is 1.15 bits per heavy atom. The number of amides is 1. The van der Waals surface area contributed by atoms with Crippen LogP contribution in [0.1, 0.15) is 24.3 Å². The molecule has 0 aliphatic rings. The predicted molar refractivity (Wildman–Crippen MR) is 97.2 cm³/mol. The number of aromatic nitrogens is 2. The van der Waals surface area contributed by atoms with Crippen LogP contribution in [0, 0.1) is 0 Å². The zero-order chi connectivity index (χ0) is 18.5. The quantitative estimate of drug-likeness (QED) is 0.664. The molecule has 1 aromatic heterocycles. The summed E-state index contributed by atoms with van der Waals surface area (Å²) in [4.78, 5) is 24.5. The molecule has 0 radical (unpaired) electrons. The standard InChI is InChI=1S/C19H19N3O4/c1-3-25-14-10-8-13(9-11-14)20-18(23)12(2)26-19(24)17-15-6-4-5-7-16(15)21-22-17/h4-12H,3H2,1-2H3,(H,20,23)(H,21,22)/t12-/m1/s1. The molecule has 0 saturated carbocycles. The van der Waals surface area contributed by atoms with Crippen LogP contribution < -0.4 is 10.1 Å². The second-order valence-corrected chi connectivity index (χ2v) is 5.61. The highest BCUT2D eigenvalue weighted by molar-refractivity contribution is 6.03. The van der Waals surface area contributed by atoms with E-state index in [0.29, 0.717) is 17.7 Å². The Labute approximate surface area is 150 Å². The summed E-state index contributed by atoms with van der Waals surface area (Å²) in [5.74, 6) is -0.366. The van der Waals surface area contributed by atoms with Crippen LogP contribution in [0.2, 0.25) is 0 Å². The fourth-order valence-electron chi connectivity index (χ4n) is 2.43. The first-order valence-electron chi connectivity index (χ1n) is 8.26. The van der Waals surface area contributed by atoms with Crippen molar-refractivity contribution in [3.63, 3.8) is 0 Å². The number of nitrogens with zero attached hydrogens (tertiary/aromatic N) is 1. The SMILES string of the molecule is CCOc1ccc(NC(=O)[C@@H](C)OC(=O)c2n[nH]c3ccccc23)cc1. The summed E-state index contributed by atoms with van der Waals surface area (Å²) in [7, 11) is 0. The Hall–Kier alpha value is -3.35. The fraction of sp³-hybridized carbons (Fsp3) is 0.211. The molecule has 1 atom stereocenters. The van der Waals surface area contributed by atoms with Gasteiger partial charge in [-0.15, -0.1) is 0 Å². The lowest BCUT2D eigenvalue weighted by Crippen LogP contribution is -2.30. The molecule has 134 valence electrons. The van der Waals surface area contributed by atoms with Gasteiger partial charge in [-0.05, 0) is 44.2 Å². The average Bonchev–Trinajstić information content (AvgIpc) is 3.07. The van der Waals surface area contributed by atoms with Crippen molar-refractivity contribution in [3.05, 3.63) is 54.2 Å². The minimum atomic E-state index is -0.968. The fourth-order valence-corrected chi connectivity index (χ4v) is 2.43. The van der Waals surface area contributed by atoms with Crippen LogP contribution in [-0.4, -0.2) is 34.8 Å². The van der Waals surface area contributed by atoms with E-state index >= 15 is 0 Å². The maximum Gasteiger partial charge on any atom is 0.360 e. The third kappa shape index (κ3) is 3.83. The monoisotopic (exact) mass is 353 g/mol. The molecule has 0 unspecified atom stereocenters. The van der Waals surface area contributed by atoms with Gasteiger partial charge in [-0.2, -0.15) is 5.10 Å². The third-order valence-electron chi connectivity index (χ3n) is 3.75. The maximum atomic E-state index is 12.3. The van der Waals surface area contributed by atoms with Crippen LogP contribution in [0.4, 0.5) is 5.69 Å². The Morgan fingerprint density at radius 2 is 1.88 bits per heavy atom. The van der Waals surface area contributed by atoms with Crippen LogP contribution >= 0.6 is 0 Å². The van der Waals surface area contributed by atoms with Crippen LogP contribution in [0.5, 0.6) is 5.75 Å². The number of para-hydroxylation sites is 1. The number of fused-ring (bicyclic) bond motifs is 1. The largest absolute Gasteiger partial charge is 0.494 e. The van der Waals surface area contributed by atoms with E-state index in [4.69, 9.17) is 9.47 Å². The van der Waals surface area contributed by atoms with Gasteiger partial charge in [-0.3, -0.25) is 9.89 Å². The number of hydrogen-bond donors (Lipinski definition) is 2. The normalized spacial score (nSPS) is 11.8. The van der Waals surface area contributed by atoms with E-state index in [2.05, 4.69) is 15.5 Å². The minimum Gasteiger partial charge on any atom is -0.494 e. The van der Waals surface area contributed by atoms with E-state index in [9.17, 15) is 9.59 Å². The van der Waals surface area contributed by atoms with Gasteiger partial charge in [0.25, 0.3) is 5.91 Å². The number of anilines is 1. The van der Waals surface area contributed by atoms with Crippen molar-refractivity contribution >= 4 is 28.5 Å². The summed E-state index contributed by atoms with van der Waals surface area (Å²) >= 11 is 0. The van der Waals surface area contributed by atoms with Crippen molar-refractivity contribution in [3.8, 4) is 5.75 Å². The lowest BCUT2D eigenvalue weighted by molar-refractivity contribution is -0.123. The lowest BCUT2D eigenvalue weighted by Gasteiger charge is -2.13. The van der Waals surface area contributed by atoms with E-state index in [-0.39, 0.29) is 5.69 Å². The third-order valence-corrected chi connectivity index (χ3v) is 3.75. The summed E-state index contributed by atoms with van der Waals surface area (Å²) in [6.07, 6.45) is -0.968. The molecule has 7 nitrogen and oxygen atoms in total. The zero-order valence-corrected chi connectivity index (χ0v) is 14.5. The molecule has 1 amide bonds. The van der Waals surface area contributed by atoms with Crippen molar-refractivity contribution in [2.24, 2.45) is 0 Å². The molecule has 0 fully saturated rings.